The number of amides is 1. The van der Waals surface area contributed by atoms with Crippen molar-refractivity contribution >= 4 is 28.8 Å². The van der Waals surface area contributed by atoms with Gasteiger partial charge in [0.15, 0.2) is 5.83 Å². The molecule has 1 saturated heterocycles. The molecule has 1 aliphatic heterocycles. The van der Waals surface area contributed by atoms with Crippen LogP contribution in [0.1, 0.15) is 39.7 Å². The molecule has 5 N–H and O–H groups in total. The van der Waals surface area contributed by atoms with Crippen molar-refractivity contribution in [2.45, 2.75) is 52.2 Å². The SMILES string of the molecule is CCC(NNC)=C(F)C(=O)C(C)Nc1ccc(N2C[C@@H](C)N[C@@H](C)C2)cc1C(=NC)C(=O)NC. The van der Waals surface area contributed by atoms with Gasteiger partial charge in [0.2, 0.25) is 5.78 Å². The van der Waals surface area contributed by atoms with E-state index in [1.54, 1.807) is 27.9 Å². The standard InChI is InChI=1S/C24H38FN7O2/c1-8-19(31-28-7)21(25)23(33)16(4)30-20-10-9-17(32-12-14(2)29-15(3)13-32)11-18(20)22(26-5)24(34)27-6/h9-11,14-16,28-31H,8,12-13H2,1-7H3,(H,27,34)/t14-,15+,16?. The second-order valence-corrected chi connectivity index (χ2v) is 8.51. The maximum absolute atomic E-state index is 14.8. The molecule has 3 atom stereocenters. The highest BCUT2D eigenvalue weighted by Crippen LogP contribution is 2.27. The Morgan fingerprint density at radius 2 is 1.88 bits per heavy atom. The number of Topliss-reactive ketones (excluding diaryl/α,β-unsaturated/α-hetero) is 1. The van der Waals surface area contributed by atoms with Gasteiger partial charge in [-0.25, -0.2) is 9.82 Å². The highest BCUT2D eigenvalue weighted by atomic mass is 19.1. The molecule has 1 aromatic carbocycles. The Bertz CT molecular complexity index is 937. The summed E-state index contributed by atoms with van der Waals surface area (Å²) >= 11 is 0. The van der Waals surface area contributed by atoms with Crippen LogP contribution in [-0.4, -0.2) is 69.8 Å². The van der Waals surface area contributed by atoms with Crippen molar-refractivity contribution in [3.63, 3.8) is 0 Å². The minimum absolute atomic E-state index is 0.180. The molecule has 0 spiro atoms. The fourth-order valence-electron chi connectivity index (χ4n) is 4.14. The van der Waals surface area contributed by atoms with Gasteiger partial charge in [0, 0.05) is 63.3 Å². The second-order valence-electron chi connectivity index (χ2n) is 8.51. The maximum Gasteiger partial charge on any atom is 0.269 e. The van der Waals surface area contributed by atoms with Crippen LogP contribution in [0.25, 0.3) is 0 Å². The molecule has 0 radical (unpaired) electrons. The number of nitrogens with zero attached hydrogens (tertiary/aromatic N) is 2. The summed E-state index contributed by atoms with van der Waals surface area (Å²) in [6, 6.07) is 5.41. The predicted octanol–water partition coefficient (Wildman–Crippen LogP) is 1.72. The van der Waals surface area contributed by atoms with Crippen LogP contribution in [0.4, 0.5) is 15.8 Å². The van der Waals surface area contributed by atoms with Gasteiger partial charge < -0.3 is 26.3 Å². The minimum Gasteiger partial charge on any atom is -0.375 e. The van der Waals surface area contributed by atoms with E-state index in [1.807, 2.05) is 18.2 Å². The van der Waals surface area contributed by atoms with Gasteiger partial charge in [0.05, 0.1) is 11.7 Å². The summed E-state index contributed by atoms with van der Waals surface area (Å²) in [7, 11) is 4.69. The molecule has 1 fully saturated rings. The molecule has 10 heteroatoms. The molecule has 0 bridgehead atoms. The summed E-state index contributed by atoms with van der Waals surface area (Å²) in [5.41, 5.74) is 7.74. The first-order valence-electron chi connectivity index (χ1n) is 11.6. The van der Waals surface area contributed by atoms with Crippen molar-refractivity contribution in [3.05, 3.63) is 35.3 Å². The highest BCUT2D eigenvalue weighted by molar-refractivity contribution is 6.46. The maximum atomic E-state index is 14.8. The number of hydrogen-bond donors (Lipinski definition) is 5. The lowest BCUT2D eigenvalue weighted by Gasteiger charge is -2.38. The first-order valence-corrected chi connectivity index (χ1v) is 11.6. The van der Waals surface area contributed by atoms with E-state index in [9.17, 15) is 14.0 Å². The van der Waals surface area contributed by atoms with Crippen LogP contribution < -0.4 is 31.7 Å². The molecule has 1 heterocycles. The van der Waals surface area contributed by atoms with E-state index in [4.69, 9.17) is 0 Å². The Kier molecular flexibility index (Phi) is 10.0. The monoisotopic (exact) mass is 475 g/mol. The summed E-state index contributed by atoms with van der Waals surface area (Å²) in [5, 5.41) is 9.21. The molecule has 1 aromatic rings. The number of carbonyl (C=O) groups excluding carboxylic acids is 2. The van der Waals surface area contributed by atoms with Crippen LogP contribution in [0.15, 0.2) is 34.7 Å². The smallest absolute Gasteiger partial charge is 0.269 e. The Hall–Kier alpha value is -2.98. The average Bonchev–Trinajstić information content (AvgIpc) is 2.82. The van der Waals surface area contributed by atoms with Gasteiger partial charge in [0.25, 0.3) is 5.91 Å². The number of carbonyl (C=O) groups is 2. The minimum atomic E-state index is -0.869. The molecule has 1 aliphatic rings. The molecule has 1 unspecified atom stereocenters. The Labute approximate surface area is 201 Å². The first kappa shape index (κ1) is 27.3. The molecule has 0 saturated carbocycles. The van der Waals surface area contributed by atoms with Gasteiger partial charge in [-0.15, -0.1) is 0 Å². The van der Waals surface area contributed by atoms with Crippen LogP contribution in [-0.2, 0) is 9.59 Å². The van der Waals surface area contributed by atoms with Crippen molar-refractivity contribution in [1.82, 2.24) is 21.5 Å². The second kappa shape index (κ2) is 12.5. The van der Waals surface area contributed by atoms with Crippen LogP contribution in [0.5, 0.6) is 0 Å². The number of halogens is 1. The molecule has 0 aromatic heterocycles. The number of anilines is 2. The normalized spacial score (nSPS) is 20.4. The lowest BCUT2D eigenvalue weighted by molar-refractivity contribution is -0.117. The van der Waals surface area contributed by atoms with Crippen molar-refractivity contribution in [2.24, 2.45) is 4.99 Å². The fraction of sp³-hybridized carbons (Fsp3) is 0.542. The summed E-state index contributed by atoms with van der Waals surface area (Å²) in [4.78, 5) is 31.8. The number of hydrazine groups is 1. The highest BCUT2D eigenvalue weighted by Gasteiger charge is 2.26. The van der Waals surface area contributed by atoms with Gasteiger partial charge in [-0.05, 0) is 45.4 Å². The zero-order chi connectivity index (χ0) is 25.4. The van der Waals surface area contributed by atoms with Gasteiger partial charge in [-0.3, -0.25) is 14.6 Å². The van der Waals surface area contributed by atoms with E-state index in [0.717, 1.165) is 18.8 Å². The number of piperazine rings is 1. The van der Waals surface area contributed by atoms with E-state index in [0.29, 0.717) is 29.8 Å². The van der Waals surface area contributed by atoms with Crippen molar-refractivity contribution < 1.29 is 14.0 Å². The van der Waals surface area contributed by atoms with Crippen LogP contribution >= 0.6 is 0 Å². The third-order valence-corrected chi connectivity index (χ3v) is 5.72. The van der Waals surface area contributed by atoms with Gasteiger partial charge in [-0.1, -0.05) is 6.92 Å². The largest absolute Gasteiger partial charge is 0.375 e. The third-order valence-electron chi connectivity index (χ3n) is 5.72. The quantitative estimate of drug-likeness (QED) is 0.199. The van der Waals surface area contributed by atoms with E-state index in [1.165, 1.54) is 7.05 Å². The molecule has 188 valence electrons. The van der Waals surface area contributed by atoms with E-state index < -0.39 is 17.7 Å². The summed E-state index contributed by atoms with van der Waals surface area (Å²) in [6.45, 7) is 9.25. The first-order chi connectivity index (χ1) is 16.2. The number of aliphatic imine (C=N–C) groups is 1. The topological polar surface area (TPSA) is 110 Å². The van der Waals surface area contributed by atoms with Crippen LogP contribution in [0.3, 0.4) is 0 Å². The number of likely N-dealkylation sites (N-methyl/N-ethyl adjacent to an activating group) is 1. The van der Waals surface area contributed by atoms with Crippen LogP contribution in [0, 0.1) is 0 Å². The van der Waals surface area contributed by atoms with Gasteiger partial charge in [-0.2, -0.15) is 0 Å². The van der Waals surface area contributed by atoms with E-state index in [-0.39, 0.29) is 17.3 Å². The lowest BCUT2D eigenvalue weighted by Crippen LogP contribution is -2.54. The molecular formula is C24H38FN7O2. The number of hydrogen-bond acceptors (Lipinski definition) is 8. The molecule has 1 amide bonds. The van der Waals surface area contributed by atoms with Crippen molar-refractivity contribution in [1.29, 1.82) is 0 Å². The van der Waals surface area contributed by atoms with Crippen molar-refractivity contribution in [2.75, 3.05) is 44.4 Å². The zero-order valence-corrected chi connectivity index (χ0v) is 21.2. The average molecular weight is 476 g/mol. The van der Waals surface area contributed by atoms with Crippen LogP contribution in [0.2, 0.25) is 0 Å². The lowest BCUT2D eigenvalue weighted by atomic mass is 10.0. The summed E-state index contributed by atoms with van der Waals surface area (Å²) in [5.74, 6) is -1.87. The third kappa shape index (κ3) is 6.54. The molecule has 2 rings (SSSR count). The molecular weight excluding hydrogens is 437 g/mol. The Balaban J connectivity index is 2.44. The van der Waals surface area contributed by atoms with Gasteiger partial charge in [0.1, 0.15) is 5.71 Å². The number of nitrogens with one attached hydrogen (secondary N) is 5. The van der Waals surface area contributed by atoms with Crippen molar-refractivity contribution in [3.8, 4) is 0 Å². The number of benzene rings is 1. The number of ketones is 1. The summed E-state index contributed by atoms with van der Waals surface area (Å²) < 4.78 is 14.8. The zero-order valence-electron chi connectivity index (χ0n) is 21.2. The Morgan fingerprint density at radius 1 is 1.24 bits per heavy atom. The number of allylic oxidation sites excluding steroid dienone is 1. The van der Waals surface area contributed by atoms with E-state index in [2.05, 4.69) is 50.5 Å². The summed E-state index contributed by atoms with van der Waals surface area (Å²) in [6.07, 6.45) is 0.329. The molecule has 9 nitrogen and oxygen atoms in total. The predicted molar refractivity (Wildman–Crippen MR) is 136 cm³/mol. The molecule has 34 heavy (non-hydrogen) atoms. The molecule has 0 aliphatic carbocycles. The Morgan fingerprint density at radius 3 is 2.41 bits per heavy atom. The van der Waals surface area contributed by atoms with E-state index >= 15 is 0 Å². The number of rotatable bonds is 10. The fourth-order valence-corrected chi connectivity index (χ4v) is 4.14. The van der Waals surface area contributed by atoms with Gasteiger partial charge >= 0.3 is 0 Å².